The Morgan fingerprint density at radius 3 is 2.38 bits per heavy atom. The second-order valence-corrected chi connectivity index (χ2v) is 5.95. The molecule has 24 heavy (non-hydrogen) atoms. The third-order valence-corrected chi connectivity index (χ3v) is 3.78. The molecule has 126 valence electrons. The van der Waals surface area contributed by atoms with Crippen molar-refractivity contribution in [3.05, 3.63) is 65.7 Å². The Morgan fingerprint density at radius 2 is 1.67 bits per heavy atom. The van der Waals surface area contributed by atoms with Gasteiger partial charge < -0.3 is 4.74 Å². The second-order valence-electron chi connectivity index (χ2n) is 5.95. The van der Waals surface area contributed by atoms with E-state index in [1.54, 1.807) is 0 Å². The highest BCUT2D eigenvalue weighted by atomic mass is 16.5. The fourth-order valence-corrected chi connectivity index (χ4v) is 2.31. The monoisotopic (exact) mass is 321 g/mol. The van der Waals surface area contributed by atoms with Gasteiger partial charge >= 0.3 is 0 Å². The first-order valence-corrected chi connectivity index (χ1v) is 8.78. The maximum absolute atomic E-state index is 5.73. The Morgan fingerprint density at radius 1 is 0.917 bits per heavy atom. The average molecular weight is 321 g/mol. The van der Waals surface area contributed by atoms with Crippen LogP contribution in [0.3, 0.4) is 0 Å². The zero-order valence-corrected chi connectivity index (χ0v) is 14.7. The van der Waals surface area contributed by atoms with Crippen molar-refractivity contribution in [2.24, 2.45) is 4.99 Å². The minimum absolute atomic E-state index is 0.794. The molecule has 0 unspecified atom stereocenters. The third-order valence-electron chi connectivity index (χ3n) is 3.78. The first kappa shape index (κ1) is 18.0. The quantitative estimate of drug-likeness (QED) is 0.388. The summed E-state index contributed by atoms with van der Waals surface area (Å²) in [7, 11) is 0. The summed E-state index contributed by atoms with van der Waals surface area (Å²) in [5.74, 6) is 0.917. The second kappa shape index (κ2) is 10.4. The predicted octanol–water partition coefficient (Wildman–Crippen LogP) is 6.37. The molecule has 0 fully saturated rings. The SMILES string of the molecule is CCCCCCOc1ccc(N=C/C=C/c2ccc(C)cc2)cc1. The van der Waals surface area contributed by atoms with Crippen LogP contribution < -0.4 is 4.74 Å². The van der Waals surface area contributed by atoms with Crippen LogP contribution in [0.25, 0.3) is 6.08 Å². The van der Waals surface area contributed by atoms with E-state index in [2.05, 4.69) is 49.2 Å². The molecule has 0 amide bonds. The number of aliphatic imine (C=N–C) groups is 1. The van der Waals surface area contributed by atoms with E-state index >= 15 is 0 Å². The molecule has 0 radical (unpaired) electrons. The zero-order valence-electron chi connectivity index (χ0n) is 14.7. The third kappa shape index (κ3) is 6.82. The van der Waals surface area contributed by atoms with Gasteiger partial charge in [0, 0.05) is 6.21 Å². The van der Waals surface area contributed by atoms with Crippen molar-refractivity contribution in [3.8, 4) is 5.75 Å². The van der Waals surface area contributed by atoms with Crippen molar-refractivity contribution in [1.82, 2.24) is 0 Å². The van der Waals surface area contributed by atoms with Crippen LogP contribution in [0.5, 0.6) is 5.75 Å². The molecule has 2 heteroatoms. The molecule has 0 aliphatic heterocycles. The summed E-state index contributed by atoms with van der Waals surface area (Å²) in [6, 6.07) is 16.4. The Hall–Kier alpha value is -2.35. The lowest BCUT2D eigenvalue weighted by Gasteiger charge is -2.05. The van der Waals surface area contributed by atoms with Crippen LogP contribution in [0.1, 0.15) is 43.7 Å². The molecule has 2 aromatic rings. The summed E-state index contributed by atoms with van der Waals surface area (Å²) in [4.78, 5) is 4.43. The van der Waals surface area contributed by atoms with Crippen molar-refractivity contribution in [2.75, 3.05) is 6.61 Å². The molecule has 2 rings (SSSR count). The summed E-state index contributed by atoms with van der Waals surface area (Å²) >= 11 is 0. The first-order chi connectivity index (χ1) is 11.8. The van der Waals surface area contributed by atoms with Gasteiger partial charge in [-0.15, -0.1) is 0 Å². The van der Waals surface area contributed by atoms with Gasteiger partial charge in [0.05, 0.1) is 12.3 Å². The molecule has 0 aliphatic rings. The minimum Gasteiger partial charge on any atom is -0.494 e. The molecule has 0 bridgehead atoms. The average Bonchev–Trinajstić information content (AvgIpc) is 2.61. The molecule has 0 saturated heterocycles. The van der Waals surface area contributed by atoms with Gasteiger partial charge in [0.15, 0.2) is 0 Å². The molecule has 2 aromatic carbocycles. The van der Waals surface area contributed by atoms with Crippen molar-refractivity contribution < 1.29 is 4.74 Å². The van der Waals surface area contributed by atoms with Gasteiger partial charge in [-0.1, -0.05) is 62.1 Å². The Bertz CT molecular complexity index is 639. The van der Waals surface area contributed by atoms with E-state index in [1.807, 2.05) is 36.6 Å². The summed E-state index contributed by atoms with van der Waals surface area (Å²) in [5.41, 5.74) is 3.38. The summed E-state index contributed by atoms with van der Waals surface area (Å²) in [6.07, 6.45) is 10.7. The smallest absolute Gasteiger partial charge is 0.119 e. The number of rotatable bonds is 9. The van der Waals surface area contributed by atoms with Crippen LogP contribution in [0.15, 0.2) is 59.6 Å². The van der Waals surface area contributed by atoms with E-state index in [-0.39, 0.29) is 0 Å². The van der Waals surface area contributed by atoms with Crippen LogP contribution in [-0.4, -0.2) is 12.8 Å². The number of aryl methyl sites for hydroxylation is 1. The number of nitrogens with zero attached hydrogens (tertiary/aromatic N) is 1. The first-order valence-electron chi connectivity index (χ1n) is 8.78. The fraction of sp³-hybridized carbons (Fsp3) is 0.318. The van der Waals surface area contributed by atoms with Crippen molar-refractivity contribution in [1.29, 1.82) is 0 Å². The number of benzene rings is 2. The molecule has 0 N–H and O–H groups in total. The Balaban J connectivity index is 1.77. The number of hydrogen-bond acceptors (Lipinski definition) is 2. The van der Waals surface area contributed by atoms with E-state index in [4.69, 9.17) is 4.74 Å². The number of allylic oxidation sites excluding steroid dienone is 1. The molecule has 2 nitrogen and oxygen atoms in total. The van der Waals surface area contributed by atoms with Gasteiger partial charge in [-0.2, -0.15) is 0 Å². The van der Waals surface area contributed by atoms with E-state index in [0.29, 0.717) is 0 Å². The molecule has 0 aliphatic carbocycles. The van der Waals surface area contributed by atoms with Gasteiger partial charge in [0.25, 0.3) is 0 Å². The highest BCUT2D eigenvalue weighted by molar-refractivity contribution is 5.80. The zero-order chi connectivity index (χ0) is 17.0. The normalized spacial score (nSPS) is 11.4. The van der Waals surface area contributed by atoms with Crippen molar-refractivity contribution in [3.63, 3.8) is 0 Å². The van der Waals surface area contributed by atoms with Crippen molar-refractivity contribution in [2.45, 2.75) is 39.5 Å². The van der Waals surface area contributed by atoms with Crippen LogP contribution in [0.2, 0.25) is 0 Å². The highest BCUT2D eigenvalue weighted by Gasteiger charge is 1.94. The summed E-state index contributed by atoms with van der Waals surface area (Å²) < 4.78 is 5.73. The number of hydrogen-bond donors (Lipinski definition) is 0. The highest BCUT2D eigenvalue weighted by Crippen LogP contribution is 2.18. The lowest BCUT2D eigenvalue weighted by molar-refractivity contribution is 0.305. The number of unbranched alkanes of at least 4 members (excludes halogenated alkanes) is 3. The van der Waals surface area contributed by atoms with E-state index in [9.17, 15) is 0 Å². The molecule has 0 saturated carbocycles. The van der Waals surface area contributed by atoms with Crippen molar-refractivity contribution >= 4 is 18.0 Å². The lowest BCUT2D eigenvalue weighted by Crippen LogP contribution is -1.96. The molecular weight excluding hydrogens is 294 g/mol. The summed E-state index contributed by atoms with van der Waals surface area (Å²) in [5, 5.41) is 0. The van der Waals surface area contributed by atoms with Gasteiger partial charge in [-0.25, -0.2) is 0 Å². The summed E-state index contributed by atoms with van der Waals surface area (Å²) in [6.45, 7) is 5.10. The minimum atomic E-state index is 0.794. The van der Waals surface area contributed by atoms with E-state index < -0.39 is 0 Å². The Kier molecular flexibility index (Phi) is 7.82. The van der Waals surface area contributed by atoms with Crippen LogP contribution in [0, 0.1) is 6.92 Å². The standard InChI is InChI=1S/C22H27NO/c1-3-4-5-6-18-24-22-15-13-21(14-16-22)23-17-7-8-20-11-9-19(2)10-12-20/h7-17H,3-6,18H2,1-2H3/b8-7+,23-17?. The molecule has 0 aromatic heterocycles. The van der Waals surface area contributed by atoms with E-state index in [0.717, 1.165) is 24.5 Å². The predicted molar refractivity (Wildman–Crippen MR) is 104 cm³/mol. The largest absolute Gasteiger partial charge is 0.494 e. The number of ether oxygens (including phenoxy) is 1. The van der Waals surface area contributed by atoms with Crippen LogP contribution in [0.4, 0.5) is 5.69 Å². The molecule has 0 atom stereocenters. The maximum atomic E-state index is 5.73. The van der Waals surface area contributed by atoms with Gasteiger partial charge in [0.1, 0.15) is 5.75 Å². The van der Waals surface area contributed by atoms with Gasteiger partial charge in [-0.05, 0) is 49.2 Å². The maximum Gasteiger partial charge on any atom is 0.119 e. The van der Waals surface area contributed by atoms with Gasteiger partial charge in [0.2, 0.25) is 0 Å². The topological polar surface area (TPSA) is 21.6 Å². The molecule has 0 heterocycles. The lowest BCUT2D eigenvalue weighted by atomic mass is 10.1. The fourth-order valence-electron chi connectivity index (χ4n) is 2.31. The Labute approximate surface area is 145 Å². The van der Waals surface area contributed by atoms with E-state index in [1.165, 1.54) is 30.4 Å². The van der Waals surface area contributed by atoms with Gasteiger partial charge in [-0.3, -0.25) is 4.99 Å². The molecule has 0 spiro atoms. The van der Waals surface area contributed by atoms with Crippen LogP contribution >= 0.6 is 0 Å². The molecular formula is C22H27NO. The van der Waals surface area contributed by atoms with Crippen LogP contribution in [-0.2, 0) is 0 Å².